The van der Waals surface area contributed by atoms with Crippen molar-refractivity contribution in [2.75, 3.05) is 13.2 Å². The third kappa shape index (κ3) is 5.20. The topological polar surface area (TPSA) is 242 Å². The fraction of sp³-hybridized carbons (Fsp3) is 1.00. The second-order valence-corrected chi connectivity index (χ2v) is 7.16. The molecule has 2 rings (SSSR count). The van der Waals surface area contributed by atoms with Gasteiger partial charge in [0.2, 0.25) is 0 Å². The fourth-order valence-corrected chi connectivity index (χ4v) is 3.39. The third-order valence-electron chi connectivity index (χ3n) is 4.20. The van der Waals surface area contributed by atoms with Crippen molar-refractivity contribution in [3.05, 3.63) is 0 Å². The first-order chi connectivity index (χ1) is 12.5. The molecule has 0 aromatic rings. The largest absolute Gasteiger partial charge is 0.790 e. The molecule has 2 aliphatic rings. The predicted molar refractivity (Wildman–Crippen MR) is 75.1 cm³/mol. The van der Waals surface area contributed by atoms with Crippen LogP contribution in [-0.2, 0) is 23.3 Å². The van der Waals surface area contributed by atoms with Gasteiger partial charge in [-0.1, -0.05) is 0 Å². The summed E-state index contributed by atoms with van der Waals surface area (Å²) < 4.78 is 30.0. The number of ether oxygens (including phenoxy) is 3. The molecule has 2 aliphatic heterocycles. The van der Waals surface area contributed by atoms with E-state index in [1.807, 2.05) is 0 Å². The third-order valence-corrected chi connectivity index (χ3v) is 4.70. The predicted octanol–water partition coefficient (Wildman–Crippen LogP) is -6.54. The van der Waals surface area contributed by atoms with Crippen molar-refractivity contribution in [1.29, 1.82) is 0 Å². The smallest absolute Gasteiger partial charge is 0.187 e. The maximum atomic E-state index is 10.8. The molecule has 0 bridgehead atoms. The summed E-state index contributed by atoms with van der Waals surface area (Å²) in [6, 6.07) is 0. The first-order valence-electron chi connectivity index (χ1n) is 7.79. The first kappa shape index (κ1) is 23.0. The van der Waals surface area contributed by atoms with E-state index in [9.17, 15) is 50.1 Å². The van der Waals surface area contributed by atoms with E-state index in [4.69, 9.17) is 14.2 Å². The molecule has 7 N–H and O–H groups in total. The number of aliphatic hydroxyl groups is 7. The normalized spacial score (nSPS) is 46.4. The number of hydrogen-bond donors (Lipinski definition) is 7. The van der Waals surface area contributed by atoms with Crippen LogP contribution in [0.15, 0.2) is 0 Å². The highest BCUT2D eigenvalue weighted by molar-refractivity contribution is 7.43. The molecule has 0 saturated carbocycles. The lowest BCUT2D eigenvalue weighted by Crippen LogP contribution is -2.64. The van der Waals surface area contributed by atoms with Crippen molar-refractivity contribution in [1.82, 2.24) is 0 Å². The Balaban J connectivity index is 2.15. The van der Waals surface area contributed by atoms with Crippen LogP contribution in [-0.4, -0.2) is 110 Å². The maximum absolute atomic E-state index is 10.8. The van der Waals surface area contributed by atoms with E-state index in [1.54, 1.807) is 0 Å². The van der Waals surface area contributed by atoms with Gasteiger partial charge >= 0.3 is 0 Å². The Kier molecular flexibility index (Phi) is 7.68. The summed E-state index contributed by atoms with van der Waals surface area (Å²) in [5, 5.41) is 67.7. The van der Waals surface area contributed by atoms with Crippen LogP contribution in [0.1, 0.15) is 0 Å². The standard InChI is InChI=1S/C12H23O14P/c13-1-3-9(5(15)7(17)11(19)23-3)25-12-8(18)6(16)10(4(2-14)24-12)26-27(20,21)22/h3-19H,1-2H2,(H2,20,21,22)/p-2/t3-,4-,5-,6-,7-,8-,9-,10-,11-,12+/m1/s1. The monoisotopic (exact) mass is 420 g/mol. The summed E-state index contributed by atoms with van der Waals surface area (Å²) in [6.07, 6.45) is -17.8. The lowest BCUT2D eigenvalue weighted by atomic mass is 9.97. The van der Waals surface area contributed by atoms with Crippen LogP contribution < -0.4 is 9.79 Å². The Morgan fingerprint density at radius 1 is 0.815 bits per heavy atom. The number of hydrogen-bond acceptors (Lipinski definition) is 14. The highest BCUT2D eigenvalue weighted by atomic mass is 31.2. The molecular weight excluding hydrogens is 399 g/mol. The molecule has 2 heterocycles. The molecule has 0 aromatic heterocycles. The summed E-state index contributed by atoms with van der Waals surface area (Å²) in [4.78, 5) is 21.5. The minimum absolute atomic E-state index is 0.776. The lowest BCUT2D eigenvalue weighted by molar-refractivity contribution is -0.372. The zero-order chi connectivity index (χ0) is 20.5. The van der Waals surface area contributed by atoms with Crippen LogP contribution in [0.5, 0.6) is 0 Å². The van der Waals surface area contributed by atoms with Gasteiger partial charge in [-0.05, 0) is 0 Å². The van der Waals surface area contributed by atoms with Crippen molar-refractivity contribution < 1.29 is 68.8 Å². The maximum Gasteiger partial charge on any atom is 0.187 e. The molecule has 27 heavy (non-hydrogen) atoms. The first-order valence-corrected chi connectivity index (χ1v) is 9.25. The molecule has 0 unspecified atom stereocenters. The zero-order valence-corrected chi connectivity index (χ0v) is 14.5. The van der Waals surface area contributed by atoms with E-state index in [-0.39, 0.29) is 0 Å². The minimum atomic E-state index is -5.60. The van der Waals surface area contributed by atoms with Gasteiger partial charge in [0.15, 0.2) is 12.6 Å². The zero-order valence-electron chi connectivity index (χ0n) is 13.6. The molecule has 0 spiro atoms. The van der Waals surface area contributed by atoms with Gasteiger partial charge in [0.1, 0.15) is 48.8 Å². The Labute approximate surface area is 152 Å². The van der Waals surface area contributed by atoms with Crippen LogP contribution in [0.2, 0.25) is 0 Å². The number of phosphoric acid groups is 1. The van der Waals surface area contributed by atoms with Gasteiger partial charge in [-0.15, -0.1) is 0 Å². The Bertz CT molecular complexity index is 524. The lowest BCUT2D eigenvalue weighted by Gasteiger charge is -2.47. The van der Waals surface area contributed by atoms with E-state index in [2.05, 4.69) is 4.52 Å². The quantitative estimate of drug-likeness (QED) is 0.198. The van der Waals surface area contributed by atoms with Crippen LogP contribution in [0.3, 0.4) is 0 Å². The molecule has 2 saturated heterocycles. The molecule has 0 radical (unpaired) electrons. The molecule has 0 aromatic carbocycles. The van der Waals surface area contributed by atoms with Crippen molar-refractivity contribution in [2.45, 2.75) is 61.4 Å². The highest BCUT2D eigenvalue weighted by Gasteiger charge is 2.50. The number of rotatable bonds is 6. The van der Waals surface area contributed by atoms with Crippen molar-refractivity contribution in [2.24, 2.45) is 0 Å². The molecule has 14 nitrogen and oxygen atoms in total. The van der Waals surface area contributed by atoms with Crippen LogP contribution >= 0.6 is 7.82 Å². The Morgan fingerprint density at radius 2 is 1.33 bits per heavy atom. The van der Waals surface area contributed by atoms with Crippen LogP contribution in [0.4, 0.5) is 0 Å². The summed E-state index contributed by atoms with van der Waals surface area (Å²) in [7, 11) is -5.60. The van der Waals surface area contributed by atoms with Gasteiger partial charge in [0, 0.05) is 0 Å². The van der Waals surface area contributed by atoms with Gasteiger partial charge in [-0.25, -0.2) is 0 Å². The summed E-state index contributed by atoms with van der Waals surface area (Å²) in [5.74, 6) is 0. The van der Waals surface area contributed by atoms with Crippen molar-refractivity contribution in [3.63, 3.8) is 0 Å². The van der Waals surface area contributed by atoms with E-state index in [1.165, 1.54) is 0 Å². The summed E-state index contributed by atoms with van der Waals surface area (Å²) in [5.41, 5.74) is 0. The molecule has 160 valence electrons. The molecule has 0 aliphatic carbocycles. The molecular formula is C12H21O14P-2. The van der Waals surface area contributed by atoms with E-state index in [0.29, 0.717) is 0 Å². The van der Waals surface area contributed by atoms with Gasteiger partial charge in [0.25, 0.3) is 0 Å². The second-order valence-electron chi connectivity index (χ2n) is 6.05. The molecule has 10 atom stereocenters. The average molecular weight is 420 g/mol. The van der Waals surface area contributed by atoms with Crippen molar-refractivity contribution in [3.8, 4) is 0 Å². The molecule has 0 amide bonds. The average Bonchev–Trinajstić information content (AvgIpc) is 2.60. The van der Waals surface area contributed by atoms with Gasteiger partial charge in [-0.3, -0.25) is 0 Å². The fourth-order valence-electron chi connectivity index (χ4n) is 2.83. The second kappa shape index (κ2) is 9.02. The van der Waals surface area contributed by atoms with Crippen LogP contribution in [0, 0.1) is 0 Å². The SMILES string of the molecule is O=P([O-])([O-])O[C@H]1[C@H](O)[C@@H](O)[C@H](O[C@H]2[C@H](O)[C@@H](O)[C@H](O)O[C@@H]2CO)O[C@@H]1CO. The van der Waals surface area contributed by atoms with Gasteiger partial charge in [-0.2, -0.15) is 0 Å². The van der Waals surface area contributed by atoms with E-state index < -0.39 is 82.4 Å². The minimum Gasteiger partial charge on any atom is -0.790 e. The Hall–Kier alpha value is -0.290. The number of aliphatic hydroxyl groups excluding tert-OH is 7. The molecule has 2 fully saturated rings. The summed E-state index contributed by atoms with van der Waals surface area (Å²) in [6.45, 7) is -1.72. The van der Waals surface area contributed by atoms with E-state index >= 15 is 0 Å². The van der Waals surface area contributed by atoms with Crippen LogP contribution in [0.25, 0.3) is 0 Å². The highest BCUT2D eigenvalue weighted by Crippen LogP contribution is 2.35. The van der Waals surface area contributed by atoms with Gasteiger partial charge in [0.05, 0.1) is 21.0 Å². The van der Waals surface area contributed by atoms with Gasteiger partial charge < -0.3 is 68.8 Å². The Morgan fingerprint density at radius 3 is 1.85 bits per heavy atom. The summed E-state index contributed by atoms with van der Waals surface area (Å²) >= 11 is 0. The molecule has 15 heteroatoms. The van der Waals surface area contributed by atoms with Crippen molar-refractivity contribution >= 4 is 7.82 Å². The number of phosphoric ester groups is 1. The van der Waals surface area contributed by atoms with E-state index in [0.717, 1.165) is 0 Å².